The fourth-order valence-electron chi connectivity index (χ4n) is 6.06. The lowest BCUT2D eigenvalue weighted by atomic mass is 9.84. The molecule has 1 heterocycles. The van der Waals surface area contributed by atoms with Gasteiger partial charge in [0.2, 0.25) is 17.6 Å². The van der Waals surface area contributed by atoms with Crippen LogP contribution in [0.2, 0.25) is 0 Å². The number of nitrogens with zero attached hydrogens (tertiary/aromatic N) is 1. The summed E-state index contributed by atoms with van der Waals surface area (Å²) in [6.07, 6.45) is 7.62. The monoisotopic (exact) mass is 725 g/mol. The number of likely N-dealkylation sites (tertiary alicyclic amines) is 1. The van der Waals surface area contributed by atoms with E-state index in [0.717, 1.165) is 5.56 Å². The first-order valence-electron chi connectivity index (χ1n) is 17.5. The molecule has 1 fully saturated rings. The van der Waals surface area contributed by atoms with Gasteiger partial charge in [0, 0.05) is 54.5 Å². The Morgan fingerprint density at radius 3 is 2.27 bits per heavy atom. The molecule has 5 N–H and O–H groups in total. The summed E-state index contributed by atoms with van der Waals surface area (Å²) in [6.45, 7) is 20.2. The van der Waals surface area contributed by atoms with Crippen LogP contribution in [0.1, 0.15) is 80.2 Å². The van der Waals surface area contributed by atoms with E-state index in [4.69, 9.17) is 6.42 Å². The predicted molar refractivity (Wildman–Crippen MR) is 199 cm³/mol. The van der Waals surface area contributed by atoms with E-state index in [1.165, 1.54) is 11.0 Å². The summed E-state index contributed by atoms with van der Waals surface area (Å²) >= 11 is 0.435. The van der Waals surface area contributed by atoms with Gasteiger partial charge in [-0.1, -0.05) is 79.7 Å². The van der Waals surface area contributed by atoms with E-state index in [-0.39, 0.29) is 49.2 Å². The Morgan fingerprint density at radius 1 is 1.04 bits per heavy atom. The molecule has 2 unspecified atom stereocenters. The first-order valence-corrected chi connectivity index (χ1v) is 18.2. The highest BCUT2D eigenvalue weighted by Gasteiger charge is 2.48. The molecule has 1 aromatic carbocycles. The van der Waals surface area contributed by atoms with Crippen LogP contribution in [0.15, 0.2) is 41.8 Å². The lowest BCUT2D eigenvalue weighted by Gasteiger charge is -2.38. The normalized spacial score (nSPS) is 17.8. The molecule has 5 amide bonds. The molecule has 12 nitrogen and oxygen atoms in total. The number of ketones is 1. The van der Waals surface area contributed by atoms with Crippen LogP contribution in [-0.2, 0) is 41.6 Å². The molecule has 5 atom stereocenters. The molecule has 1 aliphatic heterocycles. The topological polar surface area (TPSA) is 166 Å². The van der Waals surface area contributed by atoms with Crippen molar-refractivity contribution in [2.45, 2.75) is 110 Å². The number of rotatable bonds is 17. The molecule has 1 aromatic rings. The number of terminal acetylenes is 1. The second kappa shape index (κ2) is 19.5. The van der Waals surface area contributed by atoms with E-state index >= 15 is 0 Å². The molecule has 0 bridgehead atoms. The second-order valence-corrected chi connectivity index (χ2v) is 16.1. The van der Waals surface area contributed by atoms with Crippen molar-refractivity contribution in [1.82, 2.24) is 31.5 Å². The number of urea groups is 1. The van der Waals surface area contributed by atoms with Crippen LogP contribution in [0.25, 0.3) is 0 Å². The zero-order valence-electron chi connectivity index (χ0n) is 31.4. The molecule has 280 valence electrons. The summed E-state index contributed by atoms with van der Waals surface area (Å²) in [5.74, 6) is -0.451. The number of Topliss-reactive ketones (excluding diaryl/α,β-unsaturated/α-hetero) is 1. The number of carbonyl (C=O) groups is 5. The number of amides is 5. The largest absolute Gasteiger partial charge is 0.505 e. The summed E-state index contributed by atoms with van der Waals surface area (Å²) in [7, 11) is 0. The zero-order valence-corrected chi connectivity index (χ0v) is 32.2. The average molecular weight is 726 g/mol. The van der Waals surface area contributed by atoms with E-state index in [1.807, 2.05) is 73.6 Å². The minimum absolute atomic E-state index is 0.0119. The Bertz CT molecular complexity index is 1460. The molecule has 1 saturated heterocycles. The van der Waals surface area contributed by atoms with Gasteiger partial charge in [-0.25, -0.2) is 4.79 Å². The van der Waals surface area contributed by atoms with Crippen LogP contribution in [-0.4, -0.2) is 78.2 Å². The number of nitrogens with one attached hydrogen (secondary N) is 5. The maximum atomic E-state index is 14.4. The molecule has 13 heteroatoms. The Morgan fingerprint density at radius 2 is 1.71 bits per heavy atom. The van der Waals surface area contributed by atoms with Crippen LogP contribution in [0.4, 0.5) is 4.79 Å². The number of hydrogen-bond donors (Lipinski definition) is 5. The predicted octanol–water partition coefficient (Wildman–Crippen LogP) is 3.33. The highest BCUT2D eigenvalue weighted by molar-refractivity contribution is 7.65. The summed E-state index contributed by atoms with van der Waals surface area (Å²) in [5.41, 5.74) is -0.244. The molecule has 51 heavy (non-hydrogen) atoms. The van der Waals surface area contributed by atoms with Crippen LogP contribution < -0.4 is 26.6 Å². The lowest BCUT2D eigenvalue weighted by Crippen LogP contribution is -2.62. The van der Waals surface area contributed by atoms with Gasteiger partial charge >= 0.3 is 17.7 Å². The molecule has 0 spiro atoms. The summed E-state index contributed by atoms with van der Waals surface area (Å²) < 4.78 is 11.5. The molecular formula is C38H57N6O6S+. The van der Waals surface area contributed by atoms with E-state index < -0.39 is 53.1 Å². The SMILES string of the molecule is C#CCCC(NC(=O)[C@@H]1C(C(C)C)CCN1C(=O)[C@@H](NC(=O)N[C@H](CNCc1ccccc1[S+]=O)C(C)(C)C)C(C)(C)C)C(=O)C(=O)NCC=C. The lowest BCUT2D eigenvalue weighted by molar-refractivity contribution is -0.144. The van der Waals surface area contributed by atoms with Crippen molar-refractivity contribution >= 4 is 41.2 Å². The molecule has 0 saturated carbocycles. The molecule has 2 rings (SSSR count). The van der Waals surface area contributed by atoms with Crippen molar-refractivity contribution in [3.05, 3.63) is 42.5 Å². The van der Waals surface area contributed by atoms with Crippen molar-refractivity contribution in [2.24, 2.45) is 22.7 Å². The fourth-order valence-corrected chi connectivity index (χ4v) is 6.44. The smallest absolute Gasteiger partial charge is 0.346 e. The van der Waals surface area contributed by atoms with Gasteiger partial charge in [-0.3, -0.25) is 19.2 Å². The summed E-state index contributed by atoms with van der Waals surface area (Å²) in [4.78, 5) is 69.7. The van der Waals surface area contributed by atoms with Gasteiger partial charge in [0.05, 0.1) is 6.04 Å². The molecule has 1 aliphatic rings. The Balaban J connectivity index is 2.29. The highest BCUT2D eigenvalue weighted by atomic mass is 32.1. The van der Waals surface area contributed by atoms with E-state index in [9.17, 15) is 28.2 Å². The van der Waals surface area contributed by atoms with Crippen LogP contribution in [0.3, 0.4) is 0 Å². The molecule has 0 radical (unpaired) electrons. The van der Waals surface area contributed by atoms with Crippen molar-refractivity contribution in [3.8, 4) is 12.3 Å². The van der Waals surface area contributed by atoms with Gasteiger partial charge in [0.15, 0.2) is 0 Å². The van der Waals surface area contributed by atoms with Gasteiger partial charge in [0.1, 0.15) is 12.1 Å². The van der Waals surface area contributed by atoms with Gasteiger partial charge in [-0.15, -0.1) is 18.9 Å². The third-order valence-corrected chi connectivity index (χ3v) is 9.74. The van der Waals surface area contributed by atoms with Crippen molar-refractivity contribution < 1.29 is 28.2 Å². The molecular weight excluding hydrogens is 669 g/mol. The standard InChI is InChI=1S/C38H56N6O6S/c1-11-13-17-27(31(45)34(47)40-20-12-2)41-33(46)30-26(24(3)4)19-21-44(30)35(48)32(38(8,9)10)43-36(49)42-29(37(5,6)7)23-39-22-25-16-14-15-18-28(25)51-50/h1,12,14-16,18,24,26-27,29-30,32,39H,2,13,17,19-23H2,3-10H3,(H3-,40,41,42,43,46,47,49)/p+1/t26?,27?,29-,30+,32-/m1/s1. The van der Waals surface area contributed by atoms with E-state index in [2.05, 4.69) is 39.1 Å². The van der Waals surface area contributed by atoms with Crippen molar-refractivity contribution in [1.29, 1.82) is 0 Å². The quantitative estimate of drug-likeness (QED) is 0.0712. The Hall–Kier alpha value is -4.15. The van der Waals surface area contributed by atoms with E-state index in [1.54, 1.807) is 6.07 Å². The first-order chi connectivity index (χ1) is 23.9. The van der Waals surface area contributed by atoms with Crippen LogP contribution >= 0.6 is 0 Å². The number of carbonyl (C=O) groups excluding carboxylic acids is 5. The number of benzene rings is 1. The fraction of sp³-hybridized carbons (Fsp3) is 0.605. The maximum absolute atomic E-state index is 14.4. The average Bonchev–Trinajstić information content (AvgIpc) is 3.52. The Labute approximate surface area is 307 Å². The van der Waals surface area contributed by atoms with Crippen LogP contribution in [0, 0.1) is 35.0 Å². The zero-order chi connectivity index (χ0) is 38.5. The van der Waals surface area contributed by atoms with Crippen LogP contribution in [0.5, 0.6) is 0 Å². The van der Waals surface area contributed by atoms with Gasteiger partial charge in [0.25, 0.3) is 10.8 Å². The van der Waals surface area contributed by atoms with E-state index in [0.29, 0.717) is 36.1 Å². The second-order valence-electron chi connectivity index (χ2n) is 15.5. The summed E-state index contributed by atoms with van der Waals surface area (Å²) in [5, 5.41) is 14.5. The maximum Gasteiger partial charge on any atom is 0.505 e. The minimum atomic E-state index is -1.18. The van der Waals surface area contributed by atoms with Crippen molar-refractivity contribution in [3.63, 3.8) is 0 Å². The third kappa shape index (κ3) is 12.5. The molecule has 0 aliphatic carbocycles. The molecule has 0 aromatic heterocycles. The van der Waals surface area contributed by atoms with Gasteiger partial charge in [-0.05, 0) is 35.5 Å². The highest BCUT2D eigenvalue weighted by Crippen LogP contribution is 2.33. The minimum Gasteiger partial charge on any atom is -0.346 e. The third-order valence-electron chi connectivity index (χ3n) is 9.16. The van der Waals surface area contributed by atoms with Gasteiger partial charge in [-0.2, -0.15) is 0 Å². The van der Waals surface area contributed by atoms with Gasteiger partial charge < -0.3 is 31.5 Å². The van der Waals surface area contributed by atoms with Crippen molar-refractivity contribution in [2.75, 3.05) is 19.6 Å². The number of hydrogen-bond acceptors (Lipinski definition) is 7. The first kappa shape index (κ1) is 43.0. The summed E-state index contributed by atoms with van der Waals surface area (Å²) in [6, 6.07) is 3.32. The Kier molecular flexibility index (Phi) is 16.4.